The van der Waals surface area contributed by atoms with Gasteiger partial charge in [0.15, 0.2) is 0 Å². The number of piperidine rings is 1. The van der Waals surface area contributed by atoms with Crippen molar-refractivity contribution in [1.29, 1.82) is 0 Å². The van der Waals surface area contributed by atoms with Crippen LogP contribution in [0.5, 0.6) is 0 Å². The van der Waals surface area contributed by atoms with E-state index in [-0.39, 0.29) is 18.2 Å². The Bertz CT molecular complexity index is 1210. The minimum atomic E-state index is -0.720. The molecule has 11 heteroatoms. The summed E-state index contributed by atoms with van der Waals surface area (Å²) < 4.78 is 0. The molecule has 236 valence electrons. The van der Waals surface area contributed by atoms with Gasteiger partial charge in [-0.25, -0.2) is 10.0 Å². The van der Waals surface area contributed by atoms with Crippen molar-refractivity contribution in [3.05, 3.63) is 68.7 Å². The quantitative estimate of drug-likeness (QED) is 0.361. The molecular weight excluding hydrogens is 607 g/mol. The first-order valence-electron chi connectivity index (χ1n) is 15.2. The third kappa shape index (κ3) is 9.79. The molecule has 2 atom stereocenters. The highest BCUT2D eigenvalue weighted by Gasteiger charge is 2.34. The Kier molecular flexibility index (Phi) is 12.6. The van der Waals surface area contributed by atoms with Gasteiger partial charge >= 0.3 is 0 Å². The summed E-state index contributed by atoms with van der Waals surface area (Å²) >= 11 is 18.5. The Morgan fingerprint density at radius 2 is 1.58 bits per heavy atom. The van der Waals surface area contributed by atoms with Crippen molar-refractivity contribution in [2.45, 2.75) is 57.7 Å². The average Bonchev–Trinajstić information content (AvgIpc) is 2.97. The molecule has 2 heterocycles. The zero-order chi connectivity index (χ0) is 31.1. The van der Waals surface area contributed by atoms with Crippen molar-refractivity contribution < 1.29 is 9.59 Å². The molecule has 0 unspecified atom stereocenters. The summed E-state index contributed by atoms with van der Waals surface area (Å²) in [5, 5.41) is 9.60. The Hall–Kier alpha value is -1.91. The van der Waals surface area contributed by atoms with Gasteiger partial charge in [-0.15, -0.1) is 0 Å². The minimum Gasteiger partial charge on any atom is -0.344 e. The third-order valence-electron chi connectivity index (χ3n) is 8.35. The SMILES string of the molecule is CC(C)CN(C1CCN(C(=O)[C@@H](Cc2ccc(Cl)cc2)NC(=O)C[C@@H](N)c2ccc(Cl)cc2Cl)CC1)N1CCN(C)CC1. The van der Waals surface area contributed by atoms with Crippen molar-refractivity contribution in [3.8, 4) is 0 Å². The maximum absolute atomic E-state index is 13.9. The molecule has 2 amide bonds. The van der Waals surface area contributed by atoms with Crippen LogP contribution in [0.15, 0.2) is 42.5 Å². The predicted molar refractivity (Wildman–Crippen MR) is 175 cm³/mol. The maximum atomic E-state index is 13.9. The van der Waals surface area contributed by atoms with Crippen LogP contribution >= 0.6 is 34.8 Å². The molecule has 0 saturated carbocycles. The van der Waals surface area contributed by atoms with E-state index in [1.807, 2.05) is 17.0 Å². The molecule has 3 N–H and O–H groups in total. The van der Waals surface area contributed by atoms with Crippen LogP contribution in [0.4, 0.5) is 0 Å². The highest BCUT2D eigenvalue weighted by atomic mass is 35.5. The Labute approximate surface area is 271 Å². The topological polar surface area (TPSA) is 85.1 Å². The second-order valence-corrected chi connectivity index (χ2v) is 13.5. The van der Waals surface area contributed by atoms with Crippen molar-refractivity contribution in [1.82, 2.24) is 25.1 Å². The Balaban J connectivity index is 1.42. The second kappa shape index (κ2) is 15.9. The number of likely N-dealkylation sites (N-methyl/N-ethyl adjacent to an activating group) is 1. The lowest BCUT2D eigenvalue weighted by molar-refractivity contribution is -0.140. The summed E-state index contributed by atoms with van der Waals surface area (Å²) in [6.45, 7) is 11.0. The number of hydrogen-bond donors (Lipinski definition) is 2. The van der Waals surface area contributed by atoms with E-state index in [1.54, 1.807) is 30.3 Å². The van der Waals surface area contributed by atoms with E-state index >= 15 is 0 Å². The van der Waals surface area contributed by atoms with Gasteiger partial charge in [0.2, 0.25) is 11.8 Å². The lowest BCUT2D eigenvalue weighted by atomic mass is 9.99. The van der Waals surface area contributed by atoms with Gasteiger partial charge in [-0.05, 0) is 61.2 Å². The lowest BCUT2D eigenvalue weighted by Crippen LogP contribution is -2.60. The molecule has 8 nitrogen and oxygen atoms in total. The summed E-state index contributed by atoms with van der Waals surface area (Å²) in [5.74, 6) is 0.168. The third-order valence-corrected chi connectivity index (χ3v) is 9.16. The number of carbonyl (C=O) groups is 2. The standard InChI is InChI=1S/C32H45Cl3N6O2/c1-22(2)21-41(40-16-14-38(3)15-17-40)26-10-12-39(13-11-26)32(43)30(18-23-4-6-24(33)7-5-23)37-31(42)20-29(36)27-9-8-25(34)19-28(27)35/h4-9,19,22,26,29-30H,10-18,20-21,36H2,1-3H3,(H,37,42)/t29-,30-/m1/s1. The molecule has 2 aliphatic heterocycles. The molecule has 0 bridgehead atoms. The normalized spacial score (nSPS) is 18.7. The van der Waals surface area contributed by atoms with Crippen LogP contribution in [-0.2, 0) is 16.0 Å². The number of hydrogen-bond acceptors (Lipinski definition) is 6. The molecule has 0 spiro atoms. The van der Waals surface area contributed by atoms with Gasteiger partial charge in [-0.3, -0.25) is 9.59 Å². The predicted octanol–water partition coefficient (Wildman–Crippen LogP) is 4.88. The van der Waals surface area contributed by atoms with E-state index in [0.717, 1.165) is 51.1 Å². The van der Waals surface area contributed by atoms with Gasteiger partial charge in [-0.2, -0.15) is 0 Å². The number of carbonyl (C=O) groups excluding carboxylic acids is 2. The van der Waals surface area contributed by atoms with Crippen LogP contribution in [0.25, 0.3) is 0 Å². The van der Waals surface area contributed by atoms with Crippen LogP contribution in [0.2, 0.25) is 15.1 Å². The fourth-order valence-electron chi connectivity index (χ4n) is 5.95. The van der Waals surface area contributed by atoms with Gasteiger partial charge in [0.1, 0.15) is 6.04 Å². The summed E-state index contributed by atoms with van der Waals surface area (Å²) in [7, 11) is 2.17. The first-order valence-corrected chi connectivity index (χ1v) is 16.4. The van der Waals surface area contributed by atoms with Gasteiger partial charge in [0.05, 0.1) is 0 Å². The largest absolute Gasteiger partial charge is 0.344 e. The van der Waals surface area contributed by atoms with Crippen molar-refractivity contribution >= 4 is 46.6 Å². The van der Waals surface area contributed by atoms with Crippen LogP contribution < -0.4 is 11.1 Å². The van der Waals surface area contributed by atoms with Gasteiger partial charge < -0.3 is 20.9 Å². The summed E-state index contributed by atoms with van der Waals surface area (Å²) in [6, 6.07) is 11.4. The smallest absolute Gasteiger partial charge is 0.245 e. The molecule has 0 aromatic heterocycles. The Morgan fingerprint density at radius 3 is 2.19 bits per heavy atom. The molecular formula is C32H45Cl3N6O2. The number of nitrogens with one attached hydrogen (secondary N) is 1. The molecule has 2 saturated heterocycles. The van der Waals surface area contributed by atoms with Crippen molar-refractivity contribution in [2.75, 3.05) is 52.9 Å². The van der Waals surface area contributed by atoms with E-state index in [4.69, 9.17) is 40.5 Å². The van der Waals surface area contributed by atoms with Crippen LogP contribution in [0.1, 0.15) is 50.3 Å². The van der Waals surface area contributed by atoms with E-state index in [1.165, 1.54) is 0 Å². The van der Waals surface area contributed by atoms with E-state index < -0.39 is 12.1 Å². The number of rotatable bonds is 11. The number of hydrazine groups is 1. The minimum absolute atomic E-state index is 0.0109. The monoisotopic (exact) mass is 650 g/mol. The number of nitrogens with zero attached hydrogens (tertiary/aromatic N) is 4. The number of nitrogens with two attached hydrogens (primary N) is 1. The first kappa shape index (κ1) is 34.0. The van der Waals surface area contributed by atoms with Gasteiger partial charge in [-0.1, -0.05) is 66.8 Å². The Morgan fingerprint density at radius 1 is 0.953 bits per heavy atom. The fourth-order valence-corrected chi connectivity index (χ4v) is 6.62. The molecule has 43 heavy (non-hydrogen) atoms. The lowest BCUT2D eigenvalue weighted by Gasteiger charge is -2.47. The summed E-state index contributed by atoms with van der Waals surface area (Å²) in [5.41, 5.74) is 7.90. The van der Waals surface area contributed by atoms with Crippen LogP contribution in [0, 0.1) is 5.92 Å². The summed E-state index contributed by atoms with van der Waals surface area (Å²) in [4.78, 5) is 31.4. The number of likely N-dealkylation sites (tertiary alicyclic amines) is 1. The molecule has 0 radical (unpaired) electrons. The van der Waals surface area contributed by atoms with E-state index in [2.05, 4.69) is 41.1 Å². The maximum Gasteiger partial charge on any atom is 0.245 e. The van der Waals surface area contributed by atoms with Crippen molar-refractivity contribution in [3.63, 3.8) is 0 Å². The molecule has 0 aliphatic carbocycles. The highest BCUT2D eigenvalue weighted by molar-refractivity contribution is 6.35. The van der Waals surface area contributed by atoms with Crippen molar-refractivity contribution in [2.24, 2.45) is 11.7 Å². The average molecular weight is 652 g/mol. The van der Waals surface area contributed by atoms with E-state index in [0.29, 0.717) is 52.1 Å². The fraction of sp³-hybridized carbons (Fsp3) is 0.562. The number of piperazine rings is 1. The van der Waals surface area contributed by atoms with Gasteiger partial charge in [0.25, 0.3) is 0 Å². The van der Waals surface area contributed by atoms with Crippen LogP contribution in [-0.4, -0.2) is 96.6 Å². The summed E-state index contributed by atoms with van der Waals surface area (Å²) in [6.07, 6.45) is 2.14. The first-order chi connectivity index (χ1) is 20.5. The molecule has 2 aliphatic rings. The number of halogens is 3. The number of amides is 2. The zero-order valence-corrected chi connectivity index (χ0v) is 27.7. The van der Waals surface area contributed by atoms with E-state index in [9.17, 15) is 9.59 Å². The number of benzene rings is 2. The van der Waals surface area contributed by atoms with Gasteiger partial charge in [0, 0.05) is 85.8 Å². The molecule has 4 rings (SSSR count). The second-order valence-electron chi connectivity index (χ2n) is 12.3. The molecule has 2 aromatic rings. The zero-order valence-electron chi connectivity index (χ0n) is 25.4. The highest BCUT2D eigenvalue weighted by Crippen LogP contribution is 2.27. The molecule has 2 aromatic carbocycles. The van der Waals surface area contributed by atoms with Crippen LogP contribution in [0.3, 0.4) is 0 Å². The molecule has 2 fully saturated rings.